The molecule has 0 bridgehead atoms. The zero-order valence-corrected chi connectivity index (χ0v) is 34.2. The third-order valence-corrected chi connectivity index (χ3v) is 12.9. The molecule has 4 rings (SSSR count). The van der Waals surface area contributed by atoms with E-state index in [0.29, 0.717) is 29.6 Å². The SMILES string of the molecule is CSCCC(C)C(=O)O.Cc1ccccc1-c1cc(CN2C(CC3CCCCC3)CC[C@@H]2CS(C)(=O)=O)ccc1C(=O)NC(CCS(C)(=O)=O)C(=O)O. The summed E-state index contributed by atoms with van der Waals surface area (Å²) < 4.78 is 48.1. The number of carbonyl (C=O) groups excluding carboxylic acids is 1. The lowest BCUT2D eigenvalue weighted by Crippen LogP contribution is -2.42. The van der Waals surface area contributed by atoms with Crippen molar-refractivity contribution in [1.82, 2.24) is 10.2 Å². The van der Waals surface area contributed by atoms with Crippen LogP contribution < -0.4 is 5.32 Å². The summed E-state index contributed by atoms with van der Waals surface area (Å²) in [7, 11) is -6.59. The van der Waals surface area contributed by atoms with Crippen LogP contribution in [0.25, 0.3) is 11.1 Å². The van der Waals surface area contributed by atoms with Gasteiger partial charge in [0.05, 0.1) is 17.4 Å². The van der Waals surface area contributed by atoms with Crippen LogP contribution in [0.2, 0.25) is 0 Å². The Labute approximate surface area is 320 Å². The van der Waals surface area contributed by atoms with Gasteiger partial charge in [-0.3, -0.25) is 14.5 Å². The molecule has 2 aromatic carbocycles. The second-order valence-electron chi connectivity index (χ2n) is 14.9. The van der Waals surface area contributed by atoms with Crippen LogP contribution in [-0.4, -0.2) is 104 Å². The standard InChI is InChI=1S/C33H46N2O7S2.C6H12O2S/c1-23-9-7-8-12-28(23)30-20-25(13-16-29(30)32(36)34-31(33(37)38)17-18-43(2,39)40)21-35-26(19-24-10-5-4-6-11-24)14-15-27(35)22-44(3,41)42;1-5(6(7)8)3-4-9-2/h7-9,12-13,16,20,24,26-27,31H,4-6,10-11,14-15,17-19,21-22H2,1-3H3,(H,34,36)(H,37,38);5H,3-4H2,1-2H3,(H,7,8)/t26?,27-,31?;/m1./s1. The van der Waals surface area contributed by atoms with E-state index in [1.807, 2.05) is 49.6 Å². The van der Waals surface area contributed by atoms with E-state index >= 15 is 0 Å². The highest BCUT2D eigenvalue weighted by Crippen LogP contribution is 2.36. The maximum atomic E-state index is 13.5. The Bertz CT molecular complexity index is 1760. The molecule has 1 saturated carbocycles. The van der Waals surface area contributed by atoms with Crippen molar-refractivity contribution in [3.8, 4) is 11.1 Å². The minimum atomic E-state index is -3.41. The molecule has 1 aliphatic carbocycles. The Kier molecular flexibility index (Phi) is 17.3. The fourth-order valence-electron chi connectivity index (χ4n) is 7.30. The Balaban J connectivity index is 0.000000743. The number of hydrogen-bond donors (Lipinski definition) is 3. The first-order valence-corrected chi connectivity index (χ1v) is 24.0. The van der Waals surface area contributed by atoms with Crippen molar-refractivity contribution in [2.45, 2.75) is 103 Å². The summed E-state index contributed by atoms with van der Waals surface area (Å²) in [5.41, 5.74) is 3.66. The van der Waals surface area contributed by atoms with Gasteiger partial charge < -0.3 is 15.5 Å². The zero-order valence-electron chi connectivity index (χ0n) is 31.8. The van der Waals surface area contributed by atoms with Gasteiger partial charge in [0.15, 0.2) is 0 Å². The van der Waals surface area contributed by atoms with E-state index in [1.54, 1.807) is 24.8 Å². The highest BCUT2D eigenvalue weighted by Gasteiger charge is 2.37. The van der Waals surface area contributed by atoms with Gasteiger partial charge in [0.1, 0.15) is 25.7 Å². The van der Waals surface area contributed by atoms with E-state index in [1.165, 1.54) is 38.4 Å². The first kappa shape index (κ1) is 44.5. The van der Waals surface area contributed by atoms with Gasteiger partial charge in [-0.25, -0.2) is 21.6 Å². The average molecular weight is 795 g/mol. The number of thioether (sulfide) groups is 1. The molecule has 2 aliphatic rings. The normalized spacial score (nSPS) is 19.5. The Morgan fingerprint density at radius 1 is 0.868 bits per heavy atom. The Hall–Kier alpha value is -2.94. The van der Waals surface area contributed by atoms with Crippen molar-refractivity contribution in [2.24, 2.45) is 11.8 Å². The number of aliphatic carboxylic acids is 2. The lowest BCUT2D eigenvalue weighted by atomic mass is 9.84. The summed E-state index contributed by atoms with van der Waals surface area (Å²) in [4.78, 5) is 38.0. The van der Waals surface area contributed by atoms with E-state index in [9.17, 15) is 36.3 Å². The summed E-state index contributed by atoms with van der Waals surface area (Å²) in [6, 6.07) is 12.0. The molecule has 296 valence electrons. The molecule has 14 heteroatoms. The molecule has 0 aromatic heterocycles. The van der Waals surface area contributed by atoms with E-state index in [-0.39, 0.29) is 29.9 Å². The molecule has 1 amide bonds. The van der Waals surface area contributed by atoms with Crippen LogP contribution in [0.15, 0.2) is 42.5 Å². The number of likely N-dealkylation sites (tertiary alicyclic amines) is 1. The van der Waals surface area contributed by atoms with Crippen molar-refractivity contribution < 1.29 is 41.4 Å². The maximum Gasteiger partial charge on any atom is 0.326 e. The average Bonchev–Trinajstić information content (AvgIpc) is 3.43. The number of nitrogens with one attached hydrogen (secondary N) is 1. The monoisotopic (exact) mass is 794 g/mol. The van der Waals surface area contributed by atoms with Crippen LogP contribution in [0, 0.1) is 18.8 Å². The number of carboxylic acids is 2. The van der Waals surface area contributed by atoms with Gasteiger partial charge in [-0.1, -0.05) is 69.4 Å². The summed E-state index contributed by atoms with van der Waals surface area (Å²) >= 11 is 1.68. The molecule has 2 aromatic rings. The van der Waals surface area contributed by atoms with Gasteiger partial charge in [0.2, 0.25) is 0 Å². The quantitative estimate of drug-likeness (QED) is 0.169. The molecule has 3 N–H and O–H groups in total. The summed E-state index contributed by atoms with van der Waals surface area (Å²) in [6.45, 7) is 4.22. The van der Waals surface area contributed by atoms with Crippen LogP contribution >= 0.6 is 11.8 Å². The molecule has 1 aliphatic heterocycles. The molecule has 53 heavy (non-hydrogen) atoms. The van der Waals surface area contributed by atoms with Gasteiger partial charge in [-0.05, 0) is 91.3 Å². The number of amides is 1. The van der Waals surface area contributed by atoms with E-state index in [2.05, 4.69) is 10.2 Å². The number of rotatable bonds is 17. The number of carbonyl (C=O) groups is 3. The van der Waals surface area contributed by atoms with Crippen LogP contribution in [0.1, 0.15) is 92.6 Å². The summed E-state index contributed by atoms with van der Waals surface area (Å²) in [5.74, 6) is -1.42. The topological polar surface area (TPSA) is 175 Å². The predicted molar refractivity (Wildman–Crippen MR) is 213 cm³/mol. The molecular formula is C39H58N2O9S3. The van der Waals surface area contributed by atoms with Crippen molar-refractivity contribution >= 4 is 49.3 Å². The van der Waals surface area contributed by atoms with E-state index < -0.39 is 43.6 Å². The Morgan fingerprint density at radius 2 is 1.53 bits per heavy atom. The van der Waals surface area contributed by atoms with Crippen molar-refractivity contribution in [3.63, 3.8) is 0 Å². The molecule has 1 saturated heterocycles. The van der Waals surface area contributed by atoms with Crippen molar-refractivity contribution in [1.29, 1.82) is 0 Å². The third-order valence-electron chi connectivity index (χ3n) is 10.3. The highest BCUT2D eigenvalue weighted by atomic mass is 32.2. The number of carboxylic acid groups (broad SMARTS) is 2. The first-order chi connectivity index (χ1) is 24.9. The molecule has 3 unspecified atom stereocenters. The van der Waals surface area contributed by atoms with Crippen LogP contribution in [0.4, 0.5) is 0 Å². The van der Waals surface area contributed by atoms with Crippen LogP contribution in [0.3, 0.4) is 0 Å². The van der Waals surface area contributed by atoms with Gasteiger partial charge in [-0.15, -0.1) is 0 Å². The number of sulfone groups is 2. The molecule has 2 fully saturated rings. The van der Waals surface area contributed by atoms with Crippen molar-refractivity contribution in [2.75, 3.05) is 36.0 Å². The smallest absolute Gasteiger partial charge is 0.326 e. The minimum absolute atomic E-state index is 0.0744. The van der Waals surface area contributed by atoms with Crippen LogP contribution in [-0.2, 0) is 35.8 Å². The van der Waals surface area contributed by atoms with Gasteiger partial charge in [-0.2, -0.15) is 11.8 Å². The first-order valence-electron chi connectivity index (χ1n) is 18.4. The third kappa shape index (κ3) is 15.0. The predicted octanol–water partition coefficient (Wildman–Crippen LogP) is 6.09. The second-order valence-corrected chi connectivity index (χ2v) is 20.3. The minimum Gasteiger partial charge on any atom is -0.481 e. The van der Waals surface area contributed by atoms with E-state index in [0.717, 1.165) is 54.4 Å². The second kappa shape index (κ2) is 20.7. The molecule has 1 heterocycles. The van der Waals surface area contributed by atoms with E-state index in [4.69, 9.17) is 5.11 Å². The molecular weight excluding hydrogens is 737 g/mol. The van der Waals surface area contributed by atoms with Gasteiger partial charge >= 0.3 is 11.9 Å². The molecule has 11 nitrogen and oxygen atoms in total. The number of aryl methyl sites for hydroxylation is 1. The molecule has 0 spiro atoms. The highest BCUT2D eigenvalue weighted by molar-refractivity contribution is 7.98. The van der Waals surface area contributed by atoms with Gasteiger partial charge in [0, 0.05) is 36.7 Å². The largest absolute Gasteiger partial charge is 0.481 e. The van der Waals surface area contributed by atoms with Gasteiger partial charge in [0.25, 0.3) is 5.91 Å². The summed E-state index contributed by atoms with van der Waals surface area (Å²) in [6.07, 6.45) is 14.0. The lowest BCUT2D eigenvalue weighted by Gasteiger charge is -2.33. The molecule has 4 atom stereocenters. The van der Waals surface area contributed by atoms with Crippen LogP contribution in [0.5, 0.6) is 0 Å². The Morgan fingerprint density at radius 3 is 2.11 bits per heavy atom. The number of hydrogen-bond acceptors (Lipinski definition) is 9. The zero-order chi connectivity index (χ0) is 39.3. The number of nitrogens with zero attached hydrogens (tertiary/aromatic N) is 1. The van der Waals surface area contributed by atoms with Crippen molar-refractivity contribution in [3.05, 3.63) is 59.2 Å². The summed E-state index contributed by atoms with van der Waals surface area (Å²) in [5, 5.41) is 20.6. The fourth-order valence-corrected chi connectivity index (χ4v) is 9.61. The number of benzene rings is 2. The maximum absolute atomic E-state index is 13.5. The molecule has 0 radical (unpaired) electrons. The fraction of sp³-hybridized carbons (Fsp3) is 0.615. The lowest BCUT2D eigenvalue weighted by molar-refractivity contribution is -0.141.